The van der Waals surface area contributed by atoms with Crippen molar-refractivity contribution in [2.24, 2.45) is 5.41 Å². The molecule has 4 heterocycles. The highest BCUT2D eigenvalue weighted by atomic mass is 32.1. The highest BCUT2D eigenvalue weighted by Gasteiger charge is 2.33. The second-order valence-corrected chi connectivity index (χ2v) is 11.7. The Morgan fingerprint density at radius 3 is 2.81 bits per heavy atom. The third kappa shape index (κ3) is 4.53. The monoisotopic (exact) mass is 514 g/mol. The minimum Gasteiger partial charge on any atom is -0.495 e. The van der Waals surface area contributed by atoms with Gasteiger partial charge in [-0.1, -0.05) is 32.9 Å². The molecule has 1 aliphatic rings. The minimum atomic E-state index is -0.260. The number of nitrogens with two attached hydrogens (primary N) is 1. The van der Waals surface area contributed by atoms with Crippen LogP contribution >= 0.6 is 11.3 Å². The number of nitrogen functional groups attached to an aromatic ring is 1. The van der Waals surface area contributed by atoms with Crippen LogP contribution in [0.2, 0.25) is 0 Å². The molecule has 0 saturated carbocycles. The quantitative estimate of drug-likeness (QED) is 0.291. The number of hydrogen-bond acceptors (Lipinski definition) is 7. The lowest BCUT2D eigenvalue weighted by atomic mass is 9.93. The first-order valence-electron chi connectivity index (χ1n) is 12.2. The number of hydrogen-bond donors (Lipinski definition) is 1. The van der Waals surface area contributed by atoms with Gasteiger partial charge in [0.25, 0.3) is 5.91 Å². The van der Waals surface area contributed by atoms with Crippen LogP contribution in [0.5, 0.6) is 5.75 Å². The fraction of sp³-hybridized carbons (Fsp3) is 0.357. The molecule has 0 radical (unpaired) electrons. The molecule has 190 valence electrons. The van der Waals surface area contributed by atoms with Crippen molar-refractivity contribution in [1.29, 1.82) is 5.26 Å². The van der Waals surface area contributed by atoms with E-state index < -0.39 is 0 Å². The number of benzene rings is 1. The number of amides is 1. The first-order valence-corrected chi connectivity index (χ1v) is 13.0. The zero-order chi connectivity index (χ0) is 26.5. The van der Waals surface area contributed by atoms with Gasteiger partial charge in [0.05, 0.1) is 16.7 Å². The van der Waals surface area contributed by atoms with E-state index in [1.54, 1.807) is 35.6 Å². The standard InChI is InChI=1S/C28H30N6O2S/c1-16-10-18-12-21(37-24(18)20(11-16)36-5)22-23-25(30)31-7-9-34(23)26(32-22)17-6-8-33(15-17)27(35)19(14-29)13-28(2,3)4/h7,9-13,17H,6,8,15H2,1-5H3,(H2,30,31). The molecule has 9 heteroatoms. The van der Waals surface area contributed by atoms with Crippen LogP contribution in [0, 0.1) is 23.7 Å². The third-order valence-electron chi connectivity index (χ3n) is 6.56. The summed E-state index contributed by atoms with van der Waals surface area (Å²) in [5, 5.41) is 10.7. The predicted molar refractivity (Wildman–Crippen MR) is 147 cm³/mol. The van der Waals surface area contributed by atoms with E-state index in [4.69, 9.17) is 15.5 Å². The molecule has 8 nitrogen and oxygen atoms in total. The molecule has 37 heavy (non-hydrogen) atoms. The average molecular weight is 515 g/mol. The van der Waals surface area contributed by atoms with Crippen molar-refractivity contribution in [3.8, 4) is 22.4 Å². The van der Waals surface area contributed by atoms with Gasteiger partial charge >= 0.3 is 0 Å². The summed E-state index contributed by atoms with van der Waals surface area (Å²) in [4.78, 5) is 25.3. The molecule has 1 aromatic carbocycles. The van der Waals surface area contributed by atoms with Gasteiger partial charge in [-0.2, -0.15) is 5.26 Å². The van der Waals surface area contributed by atoms with Crippen LogP contribution in [-0.2, 0) is 4.79 Å². The Morgan fingerprint density at radius 1 is 1.32 bits per heavy atom. The maximum absolute atomic E-state index is 13.1. The number of likely N-dealkylation sites (tertiary alicyclic amines) is 1. The van der Waals surface area contributed by atoms with Gasteiger partial charge < -0.3 is 15.4 Å². The number of imidazole rings is 1. The molecule has 1 amide bonds. The van der Waals surface area contributed by atoms with Gasteiger partial charge in [-0.15, -0.1) is 11.3 Å². The zero-order valence-corrected chi connectivity index (χ0v) is 22.5. The number of anilines is 1. The van der Waals surface area contributed by atoms with Gasteiger partial charge in [0.1, 0.15) is 40.2 Å². The van der Waals surface area contributed by atoms with E-state index in [-0.39, 0.29) is 22.8 Å². The van der Waals surface area contributed by atoms with Crippen LogP contribution < -0.4 is 10.5 Å². The maximum atomic E-state index is 13.1. The number of fused-ring (bicyclic) bond motifs is 2. The fourth-order valence-corrected chi connectivity index (χ4v) is 6.10. The number of allylic oxidation sites excluding steroid dienone is 1. The third-order valence-corrected chi connectivity index (χ3v) is 7.73. The largest absolute Gasteiger partial charge is 0.495 e. The molecule has 2 N–H and O–H groups in total. The number of aromatic nitrogens is 3. The van der Waals surface area contributed by atoms with Crippen molar-refractivity contribution in [1.82, 2.24) is 19.3 Å². The Morgan fingerprint density at radius 2 is 2.11 bits per heavy atom. The van der Waals surface area contributed by atoms with E-state index in [0.717, 1.165) is 49.7 Å². The summed E-state index contributed by atoms with van der Waals surface area (Å²) < 4.78 is 8.69. The molecule has 0 bridgehead atoms. The van der Waals surface area contributed by atoms with Crippen LogP contribution in [0.25, 0.3) is 26.2 Å². The first-order chi connectivity index (χ1) is 17.6. The number of nitrogens with zero attached hydrogens (tertiary/aromatic N) is 5. The van der Waals surface area contributed by atoms with E-state index in [0.29, 0.717) is 18.9 Å². The van der Waals surface area contributed by atoms with E-state index in [1.807, 2.05) is 44.4 Å². The van der Waals surface area contributed by atoms with Gasteiger partial charge in [-0.05, 0) is 41.8 Å². The molecular weight excluding hydrogens is 484 g/mol. The number of nitriles is 1. The van der Waals surface area contributed by atoms with Crippen LogP contribution in [0.4, 0.5) is 5.82 Å². The van der Waals surface area contributed by atoms with Gasteiger partial charge in [0.15, 0.2) is 0 Å². The number of methoxy groups -OCH3 is 1. The number of aryl methyl sites for hydroxylation is 1. The van der Waals surface area contributed by atoms with E-state index in [2.05, 4.69) is 23.2 Å². The molecule has 0 aliphatic carbocycles. The first kappa shape index (κ1) is 24.8. The summed E-state index contributed by atoms with van der Waals surface area (Å²) in [5.41, 5.74) is 8.96. The molecule has 4 aromatic rings. The van der Waals surface area contributed by atoms with Gasteiger partial charge in [0.2, 0.25) is 0 Å². The van der Waals surface area contributed by atoms with Crippen LogP contribution in [0.15, 0.2) is 42.2 Å². The van der Waals surface area contributed by atoms with E-state index in [9.17, 15) is 10.1 Å². The van der Waals surface area contributed by atoms with Crippen molar-refractivity contribution < 1.29 is 9.53 Å². The average Bonchev–Trinajstić information content (AvgIpc) is 3.57. The highest BCUT2D eigenvalue weighted by molar-refractivity contribution is 7.22. The second kappa shape index (κ2) is 9.20. The maximum Gasteiger partial charge on any atom is 0.264 e. The summed E-state index contributed by atoms with van der Waals surface area (Å²) >= 11 is 1.62. The van der Waals surface area contributed by atoms with E-state index in [1.165, 1.54) is 0 Å². The molecule has 5 rings (SSSR count). The Hall–Kier alpha value is -3.90. The van der Waals surface area contributed by atoms with Crippen LogP contribution in [0.3, 0.4) is 0 Å². The van der Waals surface area contributed by atoms with Crippen molar-refractivity contribution in [2.75, 3.05) is 25.9 Å². The van der Waals surface area contributed by atoms with Crippen LogP contribution in [-0.4, -0.2) is 45.4 Å². The molecule has 3 aromatic heterocycles. The summed E-state index contributed by atoms with van der Waals surface area (Å²) in [6, 6.07) is 8.38. The number of carbonyl (C=O) groups is 1. The predicted octanol–water partition coefficient (Wildman–Crippen LogP) is 5.32. The van der Waals surface area contributed by atoms with Crippen molar-refractivity contribution in [3.63, 3.8) is 0 Å². The van der Waals surface area contributed by atoms with Crippen molar-refractivity contribution >= 4 is 38.7 Å². The lowest BCUT2D eigenvalue weighted by Crippen LogP contribution is -2.30. The lowest BCUT2D eigenvalue weighted by molar-refractivity contribution is -0.125. The summed E-state index contributed by atoms with van der Waals surface area (Å²) in [6.45, 7) is 9.04. The molecule has 1 unspecified atom stereocenters. The smallest absolute Gasteiger partial charge is 0.264 e. The number of carbonyl (C=O) groups excluding carboxylic acids is 1. The van der Waals surface area contributed by atoms with E-state index >= 15 is 0 Å². The number of ether oxygens (including phenoxy) is 1. The number of thiophene rings is 1. The molecular formula is C28H30N6O2S. The Balaban J connectivity index is 1.55. The molecule has 0 spiro atoms. The minimum absolute atomic E-state index is 0.00717. The summed E-state index contributed by atoms with van der Waals surface area (Å²) in [6.07, 6.45) is 6.04. The van der Waals surface area contributed by atoms with Gasteiger partial charge in [-0.3, -0.25) is 9.20 Å². The summed E-state index contributed by atoms with van der Waals surface area (Å²) in [5.74, 6) is 1.86. The van der Waals surface area contributed by atoms with Crippen molar-refractivity contribution in [3.05, 3.63) is 53.6 Å². The Kier molecular flexibility index (Phi) is 6.16. The molecule has 1 atom stereocenters. The van der Waals surface area contributed by atoms with Crippen LogP contribution in [0.1, 0.15) is 44.5 Å². The molecule has 1 aliphatic heterocycles. The zero-order valence-electron chi connectivity index (χ0n) is 21.7. The number of rotatable bonds is 4. The highest BCUT2D eigenvalue weighted by Crippen LogP contribution is 2.42. The Bertz CT molecular complexity index is 1600. The SMILES string of the molecule is COc1cc(C)cc2cc(-c3nc(C4CCN(C(=O)C(C#N)=CC(C)(C)C)C4)n4ccnc(N)c34)sc12. The summed E-state index contributed by atoms with van der Waals surface area (Å²) in [7, 11) is 1.68. The van der Waals surface area contributed by atoms with Gasteiger partial charge in [-0.25, -0.2) is 9.97 Å². The fourth-order valence-electron chi connectivity index (χ4n) is 4.98. The molecule has 1 saturated heterocycles. The Labute approximate surface area is 220 Å². The van der Waals surface area contributed by atoms with Crippen molar-refractivity contribution in [2.45, 2.75) is 40.0 Å². The second-order valence-electron chi connectivity index (χ2n) is 10.6. The molecule has 1 fully saturated rings. The lowest BCUT2D eigenvalue weighted by Gasteiger charge is -2.18. The normalized spacial score (nSPS) is 16.5. The topological polar surface area (TPSA) is 110 Å². The van der Waals surface area contributed by atoms with Gasteiger partial charge in [0, 0.05) is 31.4 Å².